The Morgan fingerprint density at radius 1 is 1.21 bits per heavy atom. The maximum atomic E-state index is 5.54. The van der Waals surface area contributed by atoms with Crippen molar-refractivity contribution in [3.8, 4) is 0 Å². The molecule has 0 aliphatic carbocycles. The van der Waals surface area contributed by atoms with Crippen molar-refractivity contribution < 1.29 is 4.74 Å². The predicted molar refractivity (Wildman–Crippen MR) is 103 cm³/mol. The third kappa shape index (κ3) is 5.65. The number of rotatable bonds is 8. The number of nitrogens with zero attached hydrogens (tertiary/aromatic N) is 1. The lowest BCUT2D eigenvalue weighted by molar-refractivity contribution is 0.133. The fraction of sp³-hybridized carbons (Fsp3) is 0.421. The summed E-state index contributed by atoms with van der Waals surface area (Å²) < 4.78 is 5.54. The highest BCUT2D eigenvalue weighted by molar-refractivity contribution is 7.07. The Labute approximate surface area is 149 Å². The van der Waals surface area contributed by atoms with Crippen LogP contribution in [0.15, 0.2) is 46.1 Å². The Balaban J connectivity index is 1.85. The molecule has 1 aromatic heterocycles. The zero-order chi connectivity index (χ0) is 17.2. The van der Waals surface area contributed by atoms with Crippen LogP contribution in [0.1, 0.15) is 36.5 Å². The second-order valence-electron chi connectivity index (χ2n) is 5.67. The topological polar surface area (TPSA) is 45.6 Å². The number of nitrogens with one attached hydrogen (secondary N) is 2. The van der Waals surface area contributed by atoms with Gasteiger partial charge in [0.05, 0.1) is 6.61 Å². The van der Waals surface area contributed by atoms with Crippen molar-refractivity contribution in [1.29, 1.82) is 0 Å². The summed E-state index contributed by atoms with van der Waals surface area (Å²) in [6.07, 6.45) is 0. The lowest BCUT2D eigenvalue weighted by atomic mass is 10.1. The smallest absolute Gasteiger partial charge is 0.191 e. The average Bonchev–Trinajstić information content (AvgIpc) is 3.15. The van der Waals surface area contributed by atoms with Crippen LogP contribution in [-0.2, 0) is 17.9 Å². The van der Waals surface area contributed by atoms with Gasteiger partial charge in [0.2, 0.25) is 0 Å². The SMILES string of the molecule is CCOCc1ccccc1CNC(=NC)NCC(C)c1ccsc1. The molecule has 2 aromatic rings. The van der Waals surface area contributed by atoms with Gasteiger partial charge in [0.15, 0.2) is 5.96 Å². The van der Waals surface area contributed by atoms with Crippen LogP contribution in [-0.4, -0.2) is 26.2 Å². The third-order valence-corrected chi connectivity index (χ3v) is 4.64. The standard InChI is InChI=1S/C19H27N3OS/c1-4-23-13-17-8-6-5-7-16(17)12-22-19(20-3)21-11-15(2)18-9-10-24-14-18/h5-10,14-15H,4,11-13H2,1-3H3,(H2,20,21,22). The molecule has 1 heterocycles. The number of benzene rings is 1. The quantitative estimate of drug-likeness (QED) is 0.566. The van der Waals surface area contributed by atoms with E-state index in [1.54, 1.807) is 18.4 Å². The van der Waals surface area contributed by atoms with E-state index >= 15 is 0 Å². The second-order valence-corrected chi connectivity index (χ2v) is 6.45. The molecule has 5 heteroatoms. The van der Waals surface area contributed by atoms with E-state index in [-0.39, 0.29) is 0 Å². The first kappa shape index (κ1) is 18.5. The van der Waals surface area contributed by atoms with Gasteiger partial charge in [0.25, 0.3) is 0 Å². The predicted octanol–water partition coefficient (Wildman–Crippen LogP) is 3.75. The molecule has 0 fully saturated rings. The molecule has 4 nitrogen and oxygen atoms in total. The summed E-state index contributed by atoms with van der Waals surface area (Å²) in [6, 6.07) is 10.5. The van der Waals surface area contributed by atoms with Crippen molar-refractivity contribution in [2.24, 2.45) is 4.99 Å². The van der Waals surface area contributed by atoms with Crippen molar-refractivity contribution in [2.75, 3.05) is 20.2 Å². The minimum Gasteiger partial charge on any atom is -0.377 e. The lowest BCUT2D eigenvalue weighted by Crippen LogP contribution is -2.38. The molecular formula is C19H27N3OS. The summed E-state index contributed by atoms with van der Waals surface area (Å²) in [6.45, 7) is 7.20. The number of hydrogen-bond acceptors (Lipinski definition) is 3. The first-order valence-corrected chi connectivity index (χ1v) is 9.30. The van der Waals surface area contributed by atoms with E-state index in [0.29, 0.717) is 12.5 Å². The second kappa shape index (κ2) is 10.1. The summed E-state index contributed by atoms with van der Waals surface area (Å²) in [4.78, 5) is 4.31. The van der Waals surface area contributed by atoms with Gasteiger partial charge in [-0.3, -0.25) is 4.99 Å². The normalized spacial score (nSPS) is 12.9. The Hall–Kier alpha value is -1.85. The van der Waals surface area contributed by atoms with Gasteiger partial charge in [-0.2, -0.15) is 11.3 Å². The largest absolute Gasteiger partial charge is 0.377 e. The van der Waals surface area contributed by atoms with Gasteiger partial charge >= 0.3 is 0 Å². The summed E-state index contributed by atoms with van der Waals surface area (Å²) in [5, 5.41) is 11.1. The van der Waals surface area contributed by atoms with Crippen LogP contribution in [0, 0.1) is 0 Å². The molecule has 0 amide bonds. The zero-order valence-corrected chi connectivity index (χ0v) is 15.5. The van der Waals surface area contributed by atoms with Crippen molar-refractivity contribution >= 4 is 17.3 Å². The van der Waals surface area contributed by atoms with Crippen LogP contribution >= 0.6 is 11.3 Å². The molecular weight excluding hydrogens is 318 g/mol. The van der Waals surface area contributed by atoms with Crippen LogP contribution in [0.2, 0.25) is 0 Å². The molecule has 0 spiro atoms. The molecule has 2 rings (SSSR count). The van der Waals surface area contributed by atoms with Crippen LogP contribution in [0.25, 0.3) is 0 Å². The summed E-state index contributed by atoms with van der Waals surface area (Å²) in [5.41, 5.74) is 3.82. The van der Waals surface area contributed by atoms with Crippen LogP contribution < -0.4 is 10.6 Å². The van der Waals surface area contributed by atoms with E-state index < -0.39 is 0 Å². The molecule has 24 heavy (non-hydrogen) atoms. The summed E-state index contributed by atoms with van der Waals surface area (Å²) in [5.74, 6) is 1.28. The van der Waals surface area contributed by atoms with Crippen molar-refractivity contribution in [3.63, 3.8) is 0 Å². The maximum absolute atomic E-state index is 5.54. The van der Waals surface area contributed by atoms with Gasteiger partial charge in [-0.25, -0.2) is 0 Å². The molecule has 1 atom stereocenters. The fourth-order valence-corrected chi connectivity index (χ4v) is 3.19. The molecule has 1 aromatic carbocycles. The van der Waals surface area contributed by atoms with Crippen LogP contribution in [0.4, 0.5) is 0 Å². The average molecular weight is 346 g/mol. The van der Waals surface area contributed by atoms with Crippen LogP contribution in [0.5, 0.6) is 0 Å². The number of aliphatic imine (C=N–C) groups is 1. The molecule has 0 bridgehead atoms. The molecule has 0 radical (unpaired) electrons. The van der Waals surface area contributed by atoms with E-state index in [9.17, 15) is 0 Å². The first-order chi connectivity index (χ1) is 11.7. The van der Waals surface area contributed by atoms with Crippen LogP contribution in [0.3, 0.4) is 0 Å². The molecule has 1 unspecified atom stereocenters. The monoisotopic (exact) mass is 345 g/mol. The first-order valence-electron chi connectivity index (χ1n) is 8.35. The van der Waals surface area contributed by atoms with Gasteiger partial charge in [-0.15, -0.1) is 0 Å². The number of ether oxygens (including phenoxy) is 1. The van der Waals surface area contributed by atoms with Gasteiger partial charge in [0, 0.05) is 26.7 Å². The fourth-order valence-electron chi connectivity index (χ4n) is 2.41. The summed E-state index contributed by atoms with van der Waals surface area (Å²) >= 11 is 1.74. The Morgan fingerprint density at radius 2 is 2.00 bits per heavy atom. The van der Waals surface area contributed by atoms with E-state index in [4.69, 9.17) is 4.74 Å². The number of hydrogen-bond donors (Lipinski definition) is 2. The van der Waals surface area contributed by atoms with E-state index in [0.717, 1.165) is 25.7 Å². The minimum absolute atomic E-state index is 0.458. The number of thiophene rings is 1. The highest BCUT2D eigenvalue weighted by atomic mass is 32.1. The third-order valence-electron chi connectivity index (χ3n) is 3.94. The van der Waals surface area contributed by atoms with Gasteiger partial charge in [0.1, 0.15) is 0 Å². The van der Waals surface area contributed by atoms with Gasteiger partial charge in [-0.1, -0.05) is 31.2 Å². The number of guanidine groups is 1. The summed E-state index contributed by atoms with van der Waals surface area (Å²) in [7, 11) is 1.80. The molecule has 0 saturated heterocycles. The van der Waals surface area contributed by atoms with Gasteiger partial charge in [-0.05, 0) is 46.4 Å². The molecule has 0 aliphatic rings. The van der Waals surface area contributed by atoms with Crippen molar-refractivity contribution in [3.05, 3.63) is 57.8 Å². The zero-order valence-electron chi connectivity index (χ0n) is 14.7. The van der Waals surface area contributed by atoms with E-state index in [2.05, 4.69) is 57.6 Å². The Kier molecular flexibility index (Phi) is 7.79. The Morgan fingerprint density at radius 3 is 2.67 bits per heavy atom. The van der Waals surface area contributed by atoms with E-state index in [1.807, 2.05) is 13.0 Å². The molecule has 0 aliphatic heterocycles. The van der Waals surface area contributed by atoms with Gasteiger partial charge < -0.3 is 15.4 Å². The van der Waals surface area contributed by atoms with Crippen molar-refractivity contribution in [1.82, 2.24) is 10.6 Å². The lowest BCUT2D eigenvalue weighted by Gasteiger charge is -2.16. The highest BCUT2D eigenvalue weighted by Crippen LogP contribution is 2.17. The Bertz CT molecular complexity index is 625. The maximum Gasteiger partial charge on any atom is 0.191 e. The van der Waals surface area contributed by atoms with E-state index in [1.165, 1.54) is 16.7 Å². The molecule has 2 N–H and O–H groups in total. The highest BCUT2D eigenvalue weighted by Gasteiger charge is 2.08. The van der Waals surface area contributed by atoms with Crippen molar-refractivity contribution in [2.45, 2.75) is 32.9 Å². The molecule has 130 valence electrons. The molecule has 0 saturated carbocycles. The minimum atomic E-state index is 0.458.